The molecule has 1 amide bonds. The van der Waals surface area contributed by atoms with Crippen molar-refractivity contribution in [2.24, 2.45) is 0 Å². The van der Waals surface area contributed by atoms with Gasteiger partial charge >= 0.3 is 0 Å². The van der Waals surface area contributed by atoms with Crippen LogP contribution >= 0.6 is 0 Å². The number of carbonyl (C=O) groups is 1. The van der Waals surface area contributed by atoms with Gasteiger partial charge in [0.2, 0.25) is 0 Å². The molecule has 2 aromatic heterocycles. The number of pyridine rings is 1. The third-order valence-corrected chi connectivity index (χ3v) is 6.60. The van der Waals surface area contributed by atoms with Crippen LogP contribution < -0.4 is 10.9 Å². The van der Waals surface area contributed by atoms with E-state index in [0.717, 1.165) is 18.2 Å². The quantitative estimate of drug-likeness (QED) is 0.304. The van der Waals surface area contributed by atoms with E-state index in [9.17, 15) is 22.8 Å². The minimum Gasteiger partial charge on any atom is -0.381 e. The van der Waals surface area contributed by atoms with Crippen molar-refractivity contribution < 1.29 is 18.0 Å². The van der Waals surface area contributed by atoms with E-state index in [0.29, 0.717) is 47.3 Å². The highest BCUT2D eigenvalue weighted by Crippen LogP contribution is 2.30. The molecule has 1 aliphatic rings. The zero-order chi connectivity index (χ0) is 27.1. The predicted molar refractivity (Wildman–Crippen MR) is 139 cm³/mol. The van der Waals surface area contributed by atoms with E-state index < -0.39 is 29.1 Å². The summed E-state index contributed by atoms with van der Waals surface area (Å²) in [6.45, 7) is 3.58. The fourth-order valence-corrected chi connectivity index (χ4v) is 4.74. The van der Waals surface area contributed by atoms with Crippen LogP contribution in [0.5, 0.6) is 0 Å². The maximum Gasteiger partial charge on any atom is 0.261 e. The van der Waals surface area contributed by atoms with Gasteiger partial charge in [0.05, 0.1) is 16.7 Å². The van der Waals surface area contributed by atoms with E-state index in [1.54, 1.807) is 24.0 Å². The Morgan fingerprint density at radius 2 is 1.95 bits per heavy atom. The first-order chi connectivity index (χ1) is 18.1. The molecule has 0 saturated heterocycles. The molecule has 1 aliphatic heterocycles. The second-order valence-corrected chi connectivity index (χ2v) is 9.85. The molecule has 0 fully saturated rings. The summed E-state index contributed by atoms with van der Waals surface area (Å²) < 4.78 is 41.4. The molecule has 0 saturated carbocycles. The number of nitrogens with zero attached hydrogens (tertiary/aromatic N) is 3. The number of halogens is 3. The summed E-state index contributed by atoms with van der Waals surface area (Å²) in [5.41, 5.74) is 2.81. The highest BCUT2D eigenvalue weighted by molar-refractivity contribution is 6.02. The van der Waals surface area contributed by atoms with Crippen LogP contribution in [0, 0.1) is 17.5 Å². The number of aromatic amines is 2. The Balaban J connectivity index is 1.42. The van der Waals surface area contributed by atoms with Crippen LogP contribution in [0.4, 0.5) is 18.9 Å². The number of hydrogen-bond acceptors (Lipinski definition) is 5. The van der Waals surface area contributed by atoms with Gasteiger partial charge < -0.3 is 25.1 Å². The summed E-state index contributed by atoms with van der Waals surface area (Å²) in [4.78, 5) is 40.0. The van der Waals surface area contributed by atoms with E-state index in [4.69, 9.17) is 0 Å². The maximum atomic E-state index is 14.2. The molecule has 0 aliphatic carbocycles. The van der Waals surface area contributed by atoms with Gasteiger partial charge in [0.25, 0.3) is 11.5 Å². The van der Waals surface area contributed by atoms with Gasteiger partial charge in [0.15, 0.2) is 11.6 Å². The van der Waals surface area contributed by atoms with Gasteiger partial charge in [0, 0.05) is 43.5 Å². The molecule has 38 heavy (non-hydrogen) atoms. The number of imidazole rings is 1. The Hall–Kier alpha value is -4.12. The predicted octanol–water partition coefficient (Wildman–Crippen LogP) is 3.90. The molecular formula is C27H27F3N6O2. The molecule has 198 valence electrons. The lowest BCUT2D eigenvalue weighted by Crippen LogP contribution is -2.31. The van der Waals surface area contributed by atoms with Gasteiger partial charge in [-0.15, -0.1) is 0 Å². The summed E-state index contributed by atoms with van der Waals surface area (Å²) in [6, 6.07) is 6.22. The van der Waals surface area contributed by atoms with Gasteiger partial charge in [-0.2, -0.15) is 0 Å². The molecule has 0 bridgehead atoms. The standard InChI is InChI=1S/C27H27F3N6O2/c1-14(8-15-9-17(28)11-19(29)24(15)30)32-20-4-5-31-26(37)23(20)25-33-21-10-16-13-36(7-6-35(2)3)27(38)18(16)12-22(21)34-25/h4-5,9-12,14H,6-8,13H2,1-3H3,(H,33,34)(H2,31,32,37)/t14-/m0/s1. The first kappa shape index (κ1) is 25.5. The number of hydrogen-bond donors (Lipinski definition) is 3. The second-order valence-electron chi connectivity index (χ2n) is 9.85. The van der Waals surface area contributed by atoms with Crippen LogP contribution in [-0.2, 0) is 13.0 Å². The molecule has 5 rings (SSSR count). The zero-order valence-electron chi connectivity index (χ0n) is 21.2. The number of nitrogens with one attached hydrogen (secondary N) is 3. The number of benzene rings is 2. The van der Waals surface area contributed by atoms with Gasteiger partial charge in [-0.3, -0.25) is 9.59 Å². The van der Waals surface area contributed by atoms with Gasteiger partial charge in [0.1, 0.15) is 17.2 Å². The van der Waals surface area contributed by atoms with Crippen molar-refractivity contribution in [2.75, 3.05) is 32.5 Å². The highest BCUT2D eigenvalue weighted by atomic mass is 19.2. The Labute approximate surface area is 216 Å². The van der Waals surface area contributed by atoms with Gasteiger partial charge in [-0.05, 0) is 62.8 Å². The molecular weight excluding hydrogens is 497 g/mol. The van der Waals surface area contributed by atoms with Gasteiger partial charge in [-0.1, -0.05) is 0 Å². The molecule has 0 unspecified atom stereocenters. The minimum atomic E-state index is -1.25. The number of fused-ring (bicyclic) bond motifs is 2. The highest BCUT2D eigenvalue weighted by Gasteiger charge is 2.28. The van der Waals surface area contributed by atoms with Crippen LogP contribution in [0.2, 0.25) is 0 Å². The summed E-state index contributed by atoms with van der Waals surface area (Å²) in [5.74, 6) is -2.98. The average Bonchev–Trinajstić information content (AvgIpc) is 3.39. The number of H-pyrrole nitrogens is 2. The van der Waals surface area contributed by atoms with Crippen molar-refractivity contribution in [3.8, 4) is 11.4 Å². The van der Waals surface area contributed by atoms with E-state index in [1.165, 1.54) is 6.20 Å². The lowest BCUT2D eigenvalue weighted by atomic mass is 10.1. The smallest absolute Gasteiger partial charge is 0.261 e. The molecule has 3 heterocycles. The lowest BCUT2D eigenvalue weighted by Gasteiger charge is -2.18. The number of amides is 1. The van der Waals surface area contributed by atoms with E-state index in [1.807, 2.05) is 25.1 Å². The van der Waals surface area contributed by atoms with Crippen molar-refractivity contribution in [2.45, 2.75) is 25.9 Å². The summed E-state index contributed by atoms with van der Waals surface area (Å²) in [5, 5.41) is 3.13. The third kappa shape index (κ3) is 4.89. The van der Waals surface area contributed by atoms with Crippen molar-refractivity contribution in [3.05, 3.63) is 81.0 Å². The molecule has 0 radical (unpaired) electrons. The molecule has 11 heteroatoms. The summed E-state index contributed by atoms with van der Waals surface area (Å²) in [7, 11) is 3.91. The number of aromatic nitrogens is 3. The number of rotatable bonds is 8. The maximum absolute atomic E-state index is 14.2. The molecule has 3 N–H and O–H groups in total. The number of anilines is 1. The second kappa shape index (κ2) is 9.97. The third-order valence-electron chi connectivity index (χ3n) is 6.60. The molecule has 8 nitrogen and oxygen atoms in total. The lowest BCUT2D eigenvalue weighted by molar-refractivity contribution is 0.0768. The van der Waals surface area contributed by atoms with Gasteiger partial charge in [-0.25, -0.2) is 18.2 Å². The Morgan fingerprint density at radius 3 is 2.71 bits per heavy atom. The average molecular weight is 525 g/mol. The van der Waals surface area contributed by atoms with E-state index >= 15 is 0 Å². The van der Waals surface area contributed by atoms with Crippen molar-refractivity contribution in [1.29, 1.82) is 0 Å². The fraction of sp³-hybridized carbons (Fsp3) is 0.296. The first-order valence-electron chi connectivity index (χ1n) is 12.2. The van der Waals surface area contributed by atoms with Crippen molar-refractivity contribution >= 4 is 22.6 Å². The SMILES string of the molecule is C[C@@H](Cc1cc(F)cc(F)c1F)Nc1cc[nH]c(=O)c1-c1nc2cc3c(cc2[nH]1)CN(CCN(C)C)C3=O. The van der Waals surface area contributed by atoms with Crippen molar-refractivity contribution in [1.82, 2.24) is 24.8 Å². The van der Waals surface area contributed by atoms with Crippen molar-refractivity contribution in [3.63, 3.8) is 0 Å². The van der Waals surface area contributed by atoms with E-state index in [-0.39, 0.29) is 23.5 Å². The molecule has 2 aromatic carbocycles. The van der Waals surface area contributed by atoms with Crippen LogP contribution in [0.25, 0.3) is 22.4 Å². The zero-order valence-corrected chi connectivity index (χ0v) is 21.2. The Morgan fingerprint density at radius 1 is 1.16 bits per heavy atom. The molecule has 1 atom stereocenters. The normalized spacial score (nSPS) is 14.0. The fourth-order valence-electron chi connectivity index (χ4n) is 4.74. The Kier molecular flexibility index (Phi) is 6.70. The van der Waals surface area contributed by atoms with Crippen LogP contribution in [0.1, 0.15) is 28.4 Å². The topological polar surface area (TPSA) is 97.1 Å². The van der Waals surface area contributed by atoms with Crippen LogP contribution in [0.15, 0.2) is 41.3 Å². The molecule has 4 aromatic rings. The summed E-state index contributed by atoms with van der Waals surface area (Å²) >= 11 is 0. The summed E-state index contributed by atoms with van der Waals surface area (Å²) in [6.07, 6.45) is 1.44. The first-order valence-corrected chi connectivity index (χ1v) is 12.2. The number of likely N-dealkylation sites (N-methyl/N-ethyl adjacent to an activating group) is 1. The van der Waals surface area contributed by atoms with E-state index in [2.05, 4.69) is 20.3 Å². The van der Waals surface area contributed by atoms with Crippen LogP contribution in [0.3, 0.4) is 0 Å². The minimum absolute atomic E-state index is 0.0218. The largest absolute Gasteiger partial charge is 0.381 e. The monoisotopic (exact) mass is 524 g/mol. The Bertz CT molecular complexity index is 1600. The van der Waals surface area contributed by atoms with Crippen LogP contribution in [-0.4, -0.2) is 63.9 Å². The number of carbonyl (C=O) groups excluding carboxylic acids is 1. The molecule has 0 spiro atoms.